The fourth-order valence-corrected chi connectivity index (χ4v) is 4.71. The molecule has 0 radical (unpaired) electrons. The number of nitro benzene ring substituents is 1. The molecular formula is C28H21N5O5. The number of nitro groups is 1. The number of carbonyl (C=O) groups is 3. The highest BCUT2D eigenvalue weighted by atomic mass is 16.6. The molecule has 0 aliphatic carbocycles. The average molecular weight is 508 g/mol. The zero-order valence-corrected chi connectivity index (χ0v) is 20.0. The van der Waals surface area contributed by atoms with E-state index in [1.807, 2.05) is 36.5 Å². The van der Waals surface area contributed by atoms with Gasteiger partial charge >= 0.3 is 0 Å². The van der Waals surface area contributed by atoms with Gasteiger partial charge in [-0.3, -0.25) is 24.5 Å². The zero-order chi connectivity index (χ0) is 26.8. The number of carbonyl (C=O) groups excluding carboxylic acids is 3. The van der Waals surface area contributed by atoms with Crippen LogP contribution in [0.2, 0.25) is 0 Å². The molecule has 1 aliphatic heterocycles. The van der Waals surface area contributed by atoms with Crippen LogP contribution in [0.1, 0.15) is 27.9 Å². The Bertz CT molecular complexity index is 1620. The van der Waals surface area contributed by atoms with Gasteiger partial charge in [0, 0.05) is 41.3 Å². The fourth-order valence-electron chi connectivity index (χ4n) is 4.71. The van der Waals surface area contributed by atoms with Crippen molar-refractivity contribution in [3.63, 3.8) is 0 Å². The molecule has 10 nitrogen and oxygen atoms in total. The van der Waals surface area contributed by atoms with Gasteiger partial charge in [0.25, 0.3) is 17.5 Å². The van der Waals surface area contributed by atoms with E-state index >= 15 is 0 Å². The van der Waals surface area contributed by atoms with Gasteiger partial charge in [-0.05, 0) is 48.4 Å². The first-order chi connectivity index (χ1) is 18.4. The molecule has 1 unspecified atom stereocenters. The number of nitriles is 1. The summed E-state index contributed by atoms with van der Waals surface area (Å²) in [5, 5.41) is 21.3. The van der Waals surface area contributed by atoms with Gasteiger partial charge < -0.3 is 9.88 Å². The molecule has 188 valence electrons. The van der Waals surface area contributed by atoms with E-state index in [1.54, 1.807) is 0 Å². The minimum Gasteiger partial charge on any atom is -0.361 e. The lowest BCUT2D eigenvalue weighted by molar-refractivity contribution is -0.384. The molecule has 1 aromatic heterocycles. The molecule has 1 N–H and O–H groups in total. The second-order valence-corrected chi connectivity index (χ2v) is 8.86. The van der Waals surface area contributed by atoms with Crippen LogP contribution in [-0.2, 0) is 16.0 Å². The number of fused-ring (bicyclic) bond motifs is 1. The van der Waals surface area contributed by atoms with Crippen molar-refractivity contribution >= 4 is 40.0 Å². The number of aromatic amines is 1. The molecule has 10 heteroatoms. The van der Waals surface area contributed by atoms with Crippen molar-refractivity contribution in [2.45, 2.75) is 18.9 Å². The number of anilines is 1. The second-order valence-electron chi connectivity index (χ2n) is 8.86. The third-order valence-corrected chi connectivity index (χ3v) is 6.62. The molecule has 1 atom stereocenters. The van der Waals surface area contributed by atoms with Crippen molar-refractivity contribution in [1.29, 1.82) is 5.26 Å². The van der Waals surface area contributed by atoms with Crippen molar-refractivity contribution in [3.05, 3.63) is 106 Å². The Hall–Kier alpha value is -5.30. The van der Waals surface area contributed by atoms with Crippen molar-refractivity contribution < 1.29 is 19.3 Å². The van der Waals surface area contributed by atoms with Gasteiger partial charge in [-0.25, -0.2) is 4.90 Å². The van der Waals surface area contributed by atoms with Crippen molar-refractivity contribution in [2.75, 3.05) is 11.4 Å². The van der Waals surface area contributed by atoms with Gasteiger partial charge in [-0.15, -0.1) is 0 Å². The normalized spacial score (nSPS) is 15.0. The maximum Gasteiger partial charge on any atom is 0.270 e. The Morgan fingerprint density at radius 2 is 1.87 bits per heavy atom. The van der Waals surface area contributed by atoms with E-state index in [2.05, 4.69) is 4.98 Å². The highest BCUT2D eigenvalue weighted by molar-refractivity contribution is 6.23. The van der Waals surface area contributed by atoms with Crippen LogP contribution in [0.3, 0.4) is 0 Å². The standard InChI is InChI=1S/C28H21N5O5/c29-16-18-8-10-21(11-9-18)32-26(34)15-25(28(32)36)31(27(35)19-4-3-5-22(14-19)33(37)38)13-12-20-17-30-24-7-2-1-6-23(20)24/h1-11,14,17,25,30H,12-13,15H2. The highest BCUT2D eigenvalue weighted by Gasteiger charge is 2.44. The number of nitrogens with zero attached hydrogens (tertiary/aromatic N) is 4. The SMILES string of the molecule is N#Cc1ccc(N2C(=O)CC(N(CCc3c[nH]c4ccccc34)C(=O)c3cccc([N+](=O)[O-])c3)C2=O)cc1. The molecule has 0 bridgehead atoms. The van der Waals surface area contributed by atoms with Gasteiger partial charge in [-0.2, -0.15) is 5.26 Å². The van der Waals surface area contributed by atoms with Crippen LogP contribution in [-0.4, -0.2) is 45.1 Å². The van der Waals surface area contributed by atoms with Crippen LogP contribution in [0.25, 0.3) is 10.9 Å². The summed E-state index contributed by atoms with van der Waals surface area (Å²) in [5.41, 5.74) is 2.35. The average Bonchev–Trinajstić information content (AvgIpc) is 3.48. The number of para-hydroxylation sites is 1. The summed E-state index contributed by atoms with van der Waals surface area (Å²) >= 11 is 0. The number of benzene rings is 3. The van der Waals surface area contributed by atoms with E-state index in [1.165, 1.54) is 53.4 Å². The number of imide groups is 1. The monoisotopic (exact) mass is 507 g/mol. The summed E-state index contributed by atoms with van der Waals surface area (Å²) in [7, 11) is 0. The molecule has 0 saturated carbocycles. The molecule has 38 heavy (non-hydrogen) atoms. The fraction of sp³-hybridized carbons (Fsp3) is 0.143. The first-order valence-electron chi connectivity index (χ1n) is 11.8. The second kappa shape index (κ2) is 9.99. The first-order valence-corrected chi connectivity index (χ1v) is 11.8. The third kappa shape index (κ3) is 4.49. The highest BCUT2D eigenvalue weighted by Crippen LogP contribution is 2.28. The van der Waals surface area contributed by atoms with Crippen LogP contribution < -0.4 is 4.90 Å². The Labute approximate surface area is 216 Å². The molecule has 1 fully saturated rings. The summed E-state index contributed by atoms with van der Waals surface area (Å²) in [6.45, 7) is 0.105. The topological polar surface area (TPSA) is 140 Å². The van der Waals surface area contributed by atoms with Gasteiger partial charge in [0.1, 0.15) is 6.04 Å². The van der Waals surface area contributed by atoms with Crippen molar-refractivity contribution in [3.8, 4) is 6.07 Å². The number of rotatable bonds is 7. The molecule has 3 aromatic carbocycles. The number of nitrogens with one attached hydrogen (secondary N) is 1. The Kier molecular flexibility index (Phi) is 6.41. The van der Waals surface area contributed by atoms with E-state index in [4.69, 9.17) is 5.26 Å². The van der Waals surface area contributed by atoms with Gasteiger partial charge in [0.2, 0.25) is 5.91 Å². The predicted octanol–water partition coefficient (Wildman–Crippen LogP) is 3.96. The quantitative estimate of drug-likeness (QED) is 0.228. The smallest absolute Gasteiger partial charge is 0.270 e. The maximum atomic E-state index is 13.7. The van der Waals surface area contributed by atoms with E-state index < -0.39 is 28.7 Å². The van der Waals surface area contributed by atoms with Crippen molar-refractivity contribution in [1.82, 2.24) is 9.88 Å². The minimum atomic E-state index is -1.09. The van der Waals surface area contributed by atoms with Crippen LogP contribution >= 0.6 is 0 Å². The van der Waals surface area contributed by atoms with Crippen LogP contribution in [0.4, 0.5) is 11.4 Å². The molecule has 4 aromatic rings. The number of aromatic nitrogens is 1. The van der Waals surface area contributed by atoms with Crippen LogP contribution in [0, 0.1) is 21.4 Å². The molecule has 0 spiro atoms. The van der Waals surface area contributed by atoms with Gasteiger partial charge in [-0.1, -0.05) is 24.3 Å². The third-order valence-electron chi connectivity index (χ3n) is 6.62. The molecule has 5 rings (SSSR count). The largest absolute Gasteiger partial charge is 0.361 e. The number of hydrogen-bond donors (Lipinski definition) is 1. The lowest BCUT2D eigenvalue weighted by atomic mass is 10.1. The predicted molar refractivity (Wildman–Crippen MR) is 138 cm³/mol. The summed E-state index contributed by atoms with van der Waals surface area (Å²) in [5.74, 6) is -1.63. The summed E-state index contributed by atoms with van der Waals surface area (Å²) in [6.07, 6.45) is 2.00. The number of hydrogen-bond acceptors (Lipinski definition) is 6. The number of H-pyrrole nitrogens is 1. The Balaban J connectivity index is 1.48. The zero-order valence-electron chi connectivity index (χ0n) is 20.0. The maximum absolute atomic E-state index is 13.7. The summed E-state index contributed by atoms with van der Waals surface area (Å²) < 4.78 is 0. The van der Waals surface area contributed by atoms with Crippen LogP contribution in [0.15, 0.2) is 79.0 Å². The van der Waals surface area contributed by atoms with E-state index in [9.17, 15) is 24.5 Å². The Morgan fingerprint density at radius 3 is 2.61 bits per heavy atom. The molecule has 2 heterocycles. The molecular weight excluding hydrogens is 486 g/mol. The number of amides is 3. The summed E-state index contributed by atoms with van der Waals surface area (Å²) in [4.78, 5) is 56.4. The number of non-ortho nitro benzene ring substituents is 1. The van der Waals surface area contributed by atoms with E-state index in [-0.39, 0.29) is 24.2 Å². The summed E-state index contributed by atoms with van der Waals surface area (Å²) in [6, 6.07) is 19.9. The van der Waals surface area contributed by atoms with Gasteiger partial charge in [0.15, 0.2) is 0 Å². The van der Waals surface area contributed by atoms with Gasteiger partial charge in [0.05, 0.1) is 28.7 Å². The lowest BCUT2D eigenvalue weighted by Crippen LogP contribution is -2.46. The lowest BCUT2D eigenvalue weighted by Gasteiger charge is -2.28. The van der Waals surface area contributed by atoms with Crippen molar-refractivity contribution in [2.24, 2.45) is 0 Å². The van der Waals surface area contributed by atoms with E-state index in [0.29, 0.717) is 17.7 Å². The Morgan fingerprint density at radius 1 is 1.11 bits per heavy atom. The molecule has 1 aliphatic rings. The molecule has 3 amide bonds. The van der Waals surface area contributed by atoms with Crippen LogP contribution in [0.5, 0.6) is 0 Å². The first kappa shape index (κ1) is 24.4. The van der Waals surface area contributed by atoms with E-state index in [0.717, 1.165) is 21.4 Å². The molecule has 1 saturated heterocycles. The minimum absolute atomic E-state index is 0.0511.